The highest BCUT2D eigenvalue weighted by atomic mass is 16.2. The Bertz CT molecular complexity index is 945. The van der Waals surface area contributed by atoms with Gasteiger partial charge in [0.2, 0.25) is 0 Å². The van der Waals surface area contributed by atoms with Gasteiger partial charge in [0, 0.05) is 16.7 Å². The molecule has 0 unspecified atom stereocenters. The van der Waals surface area contributed by atoms with Crippen LogP contribution in [0.1, 0.15) is 38.8 Å². The third-order valence-electron chi connectivity index (χ3n) is 3.91. The molecule has 0 radical (unpaired) electrons. The molecular formula is C18H15N3O3. The van der Waals surface area contributed by atoms with E-state index >= 15 is 0 Å². The fourth-order valence-electron chi connectivity index (χ4n) is 2.67. The van der Waals surface area contributed by atoms with Crippen LogP contribution < -0.4 is 16.8 Å². The Hall–Kier alpha value is -3.41. The Morgan fingerprint density at radius 3 is 2.12 bits per heavy atom. The van der Waals surface area contributed by atoms with Gasteiger partial charge >= 0.3 is 0 Å². The largest absolute Gasteiger partial charge is 0.397 e. The number of hydrogen-bond acceptors (Lipinski definition) is 5. The van der Waals surface area contributed by atoms with Gasteiger partial charge in [-0.25, -0.2) is 0 Å². The van der Waals surface area contributed by atoms with Gasteiger partial charge in [0.1, 0.15) is 0 Å². The van der Waals surface area contributed by atoms with Crippen molar-refractivity contribution in [3.8, 4) is 0 Å². The summed E-state index contributed by atoms with van der Waals surface area (Å²) < 4.78 is 0. The van der Waals surface area contributed by atoms with Crippen molar-refractivity contribution in [3.05, 3.63) is 64.7 Å². The molecule has 0 aliphatic heterocycles. The summed E-state index contributed by atoms with van der Waals surface area (Å²) >= 11 is 0. The number of benzene rings is 2. The molecular weight excluding hydrogens is 306 g/mol. The van der Waals surface area contributed by atoms with Gasteiger partial charge in [0.15, 0.2) is 11.6 Å². The minimum atomic E-state index is -0.472. The highest BCUT2D eigenvalue weighted by Crippen LogP contribution is 2.38. The average Bonchev–Trinajstić information content (AvgIpc) is 2.55. The molecule has 24 heavy (non-hydrogen) atoms. The van der Waals surface area contributed by atoms with Crippen LogP contribution in [0.25, 0.3) is 0 Å². The minimum Gasteiger partial charge on any atom is -0.397 e. The Kier molecular flexibility index (Phi) is 3.45. The molecule has 1 aliphatic carbocycles. The van der Waals surface area contributed by atoms with E-state index in [-0.39, 0.29) is 50.7 Å². The van der Waals surface area contributed by atoms with Gasteiger partial charge in [0.25, 0.3) is 5.91 Å². The molecule has 1 amide bonds. The Balaban J connectivity index is 2.29. The summed E-state index contributed by atoms with van der Waals surface area (Å²) in [6.07, 6.45) is 0. The molecule has 2 aromatic rings. The Morgan fingerprint density at radius 2 is 1.58 bits per heavy atom. The first-order valence-corrected chi connectivity index (χ1v) is 7.20. The molecule has 6 nitrogen and oxygen atoms in total. The van der Waals surface area contributed by atoms with E-state index in [2.05, 4.69) is 11.9 Å². The maximum atomic E-state index is 12.9. The van der Waals surface area contributed by atoms with E-state index in [1.165, 1.54) is 13.0 Å². The number of rotatable bonds is 2. The normalized spacial score (nSPS) is 12.4. The van der Waals surface area contributed by atoms with Crippen LogP contribution in [-0.4, -0.2) is 17.5 Å². The van der Waals surface area contributed by atoms with E-state index < -0.39 is 11.7 Å². The van der Waals surface area contributed by atoms with Gasteiger partial charge in [-0.1, -0.05) is 30.8 Å². The lowest BCUT2D eigenvalue weighted by atomic mass is 9.82. The number of amides is 1. The molecule has 0 saturated carbocycles. The van der Waals surface area contributed by atoms with E-state index in [0.717, 1.165) is 0 Å². The van der Waals surface area contributed by atoms with Crippen LogP contribution in [0, 0.1) is 0 Å². The minimum absolute atomic E-state index is 0.0238. The first-order chi connectivity index (χ1) is 11.3. The summed E-state index contributed by atoms with van der Waals surface area (Å²) in [6, 6.07) is 7.85. The fourth-order valence-corrected chi connectivity index (χ4v) is 2.67. The van der Waals surface area contributed by atoms with Crippen LogP contribution >= 0.6 is 0 Å². The molecule has 0 bridgehead atoms. The molecule has 5 N–H and O–H groups in total. The number of anilines is 3. The molecule has 120 valence electrons. The molecule has 0 atom stereocenters. The zero-order valence-electron chi connectivity index (χ0n) is 13.0. The van der Waals surface area contributed by atoms with Crippen molar-refractivity contribution >= 4 is 34.5 Å². The highest BCUT2D eigenvalue weighted by molar-refractivity contribution is 6.33. The SMILES string of the molecule is C=C(C)C(=O)Nc1cc(N)c(N)c2c1C(=O)c1ccccc1C2=O. The second-order valence-corrected chi connectivity index (χ2v) is 5.62. The number of carbonyl (C=O) groups is 3. The molecule has 0 heterocycles. The monoisotopic (exact) mass is 321 g/mol. The molecule has 1 aliphatic rings. The number of nitrogens with two attached hydrogens (primary N) is 2. The maximum absolute atomic E-state index is 12.9. The first-order valence-electron chi connectivity index (χ1n) is 7.20. The van der Waals surface area contributed by atoms with Crippen LogP contribution in [0.3, 0.4) is 0 Å². The van der Waals surface area contributed by atoms with Crippen LogP contribution in [0.5, 0.6) is 0 Å². The Morgan fingerprint density at radius 1 is 1.04 bits per heavy atom. The van der Waals surface area contributed by atoms with Gasteiger partial charge in [0.05, 0.1) is 28.2 Å². The topological polar surface area (TPSA) is 115 Å². The summed E-state index contributed by atoms with van der Waals surface area (Å²) in [7, 11) is 0. The molecule has 3 rings (SSSR count). The van der Waals surface area contributed by atoms with Crippen LogP contribution in [0.4, 0.5) is 17.1 Å². The lowest BCUT2D eigenvalue weighted by Crippen LogP contribution is -2.26. The number of hydrogen-bond donors (Lipinski definition) is 3. The number of nitrogens with one attached hydrogen (secondary N) is 1. The lowest BCUT2D eigenvalue weighted by Gasteiger charge is -2.23. The van der Waals surface area contributed by atoms with E-state index in [1.807, 2.05) is 0 Å². The van der Waals surface area contributed by atoms with E-state index in [9.17, 15) is 14.4 Å². The summed E-state index contributed by atoms with van der Waals surface area (Å²) in [5, 5.41) is 2.57. The van der Waals surface area contributed by atoms with Gasteiger partial charge in [-0.15, -0.1) is 0 Å². The molecule has 0 aromatic heterocycles. The van der Waals surface area contributed by atoms with Crippen molar-refractivity contribution in [2.75, 3.05) is 16.8 Å². The third kappa shape index (κ3) is 2.16. The zero-order chi connectivity index (χ0) is 17.6. The van der Waals surface area contributed by atoms with Crippen molar-refractivity contribution in [2.45, 2.75) is 6.92 Å². The second-order valence-electron chi connectivity index (χ2n) is 5.62. The summed E-state index contributed by atoms with van der Waals surface area (Å²) in [5.74, 6) is -1.25. The number of ketones is 2. The van der Waals surface area contributed by atoms with Crippen molar-refractivity contribution in [1.29, 1.82) is 0 Å². The molecule has 2 aromatic carbocycles. The molecule has 0 saturated heterocycles. The van der Waals surface area contributed by atoms with Gasteiger partial charge in [-0.2, -0.15) is 0 Å². The van der Waals surface area contributed by atoms with Crippen molar-refractivity contribution < 1.29 is 14.4 Å². The van der Waals surface area contributed by atoms with Gasteiger partial charge in [-0.05, 0) is 13.0 Å². The predicted octanol–water partition coefficient (Wildman–Crippen LogP) is 2.14. The molecule has 0 spiro atoms. The Labute approximate surface area is 138 Å². The maximum Gasteiger partial charge on any atom is 0.250 e. The van der Waals surface area contributed by atoms with E-state index in [0.29, 0.717) is 0 Å². The predicted molar refractivity (Wildman–Crippen MR) is 92.0 cm³/mol. The van der Waals surface area contributed by atoms with Crippen molar-refractivity contribution in [1.82, 2.24) is 0 Å². The highest BCUT2D eigenvalue weighted by Gasteiger charge is 2.34. The van der Waals surface area contributed by atoms with Crippen LogP contribution in [-0.2, 0) is 4.79 Å². The van der Waals surface area contributed by atoms with Crippen molar-refractivity contribution in [2.24, 2.45) is 0 Å². The fraction of sp³-hybridized carbons (Fsp3) is 0.0556. The summed E-state index contributed by atoms with van der Waals surface area (Å²) in [6.45, 7) is 5.09. The van der Waals surface area contributed by atoms with Crippen molar-refractivity contribution in [3.63, 3.8) is 0 Å². The van der Waals surface area contributed by atoms with Crippen LogP contribution in [0.2, 0.25) is 0 Å². The smallest absolute Gasteiger partial charge is 0.250 e. The second kappa shape index (κ2) is 5.34. The molecule has 6 heteroatoms. The summed E-state index contributed by atoms with van der Waals surface area (Å²) in [5.41, 5.74) is 13.0. The average molecular weight is 321 g/mol. The standard InChI is InChI=1S/C18H15N3O3/c1-8(2)18(24)21-12-7-11(19)15(20)14-13(12)16(22)9-5-3-4-6-10(9)17(14)23/h3-7H,1,19-20H2,2H3,(H,21,24). The first kappa shape index (κ1) is 15.5. The van der Waals surface area contributed by atoms with E-state index in [4.69, 9.17) is 11.5 Å². The summed E-state index contributed by atoms with van der Waals surface area (Å²) in [4.78, 5) is 37.6. The number of carbonyl (C=O) groups excluding carboxylic acids is 3. The molecule has 0 fully saturated rings. The number of fused-ring (bicyclic) bond motifs is 2. The number of nitrogen functional groups attached to an aromatic ring is 2. The van der Waals surface area contributed by atoms with Gasteiger partial charge < -0.3 is 16.8 Å². The van der Waals surface area contributed by atoms with Gasteiger partial charge in [-0.3, -0.25) is 14.4 Å². The van der Waals surface area contributed by atoms with E-state index in [1.54, 1.807) is 24.3 Å². The lowest BCUT2D eigenvalue weighted by molar-refractivity contribution is -0.112. The third-order valence-corrected chi connectivity index (χ3v) is 3.91. The zero-order valence-corrected chi connectivity index (χ0v) is 13.0. The van der Waals surface area contributed by atoms with Crippen LogP contribution in [0.15, 0.2) is 42.5 Å². The quantitative estimate of drug-likeness (QED) is 0.494.